The largest absolute Gasteiger partial charge is 0.493 e. The lowest BCUT2D eigenvalue weighted by Crippen LogP contribution is -2.02. The van der Waals surface area contributed by atoms with Crippen LogP contribution in [0.4, 0.5) is 0 Å². The van der Waals surface area contributed by atoms with Crippen molar-refractivity contribution in [2.75, 3.05) is 14.2 Å². The summed E-state index contributed by atoms with van der Waals surface area (Å²) in [5.74, 6) is 0.596. The lowest BCUT2D eigenvalue weighted by atomic mass is 10.2. The molecule has 0 aliphatic rings. The zero-order chi connectivity index (χ0) is 15.5. The van der Waals surface area contributed by atoms with Gasteiger partial charge in [-0.25, -0.2) is 4.79 Å². The maximum Gasteiger partial charge on any atom is 0.337 e. The van der Waals surface area contributed by atoms with Gasteiger partial charge in [-0.3, -0.25) is 0 Å². The van der Waals surface area contributed by atoms with Gasteiger partial charge in [0, 0.05) is 6.07 Å². The molecule has 3 rings (SSSR count). The first kappa shape index (κ1) is 13.7. The number of aromatic nitrogens is 5. The zero-order valence-electron chi connectivity index (χ0n) is 11.8. The van der Waals surface area contributed by atoms with Crippen LogP contribution in [0.5, 0.6) is 17.4 Å². The van der Waals surface area contributed by atoms with Crippen molar-refractivity contribution in [1.82, 2.24) is 25.3 Å². The minimum atomic E-state index is -0.460. The summed E-state index contributed by atoms with van der Waals surface area (Å²) in [4.78, 5) is 11.5. The molecule has 9 heteroatoms. The van der Waals surface area contributed by atoms with Crippen LogP contribution in [0.15, 0.2) is 30.3 Å². The second-order valence-electron chi connectivity index (χ2n) is 4.16. The van der Waals surface area contributed by atoms with E-state index in [2.05, 4.69) is 25.4 Å². The average molecular weight is 301 g/mol. The van der Waals surface area contributed by atoms with Gasteiger partial charge in [-0.1, -0.05) is 0 Å². The number of fused-ring (bicyclic) bond motifs is 1. The molecule has 9 nitrogen and oxygen atoms in total. The molecule has 2 heterocycles. The topological polar surface area (TPSA) is 101 Å². The molecule has 0 aliphatic heterocycles. The third-order valence-corrected chi connectivity index (χ3v) is 2.84. The van der Waals surface area contributed by atoms with Crippen LogP contribution in [0.25, 0.3) is 5.65 Å². The van der Waals surface area contributed by atoms with E-state index in [1.165, 1.54) is 24.9 Å². The van der Waals surface area contributed by atoms with E-state index in [0.717, 1.165) is 0 Å². The number of carbonyl (C=O) groups is 1. The van der Waals surface area contributed by atoms with E-state index in [4.69, 9.17) is 9.47 Å². The summed E-state index contributed by atoms with van der Waals surface area (Å²) in [6, 6.07) is 7.98. The predicted octanol–water partition coefficient (Wildman–Crippen LogP) is 1.11. The Morgan fingerprint density at radius 1 is 1.14 bits per heavy atom. The Bertz CT molecular complexity index is 832. The van der Waals surface area contributed by atoms with E-state index in [0.29, 0.717) is 22.7 Å². The highest BCUT2D eigenvalue weighted by atomic mass is 16.5. The summed E-state index contributed by atoms with van der Waals surface area (Å²) < 4.78 is 16.8. The van der Waals surface area contributed by atoms with Crippen LogP contribution in [0, 0.1) is 0 Å². The highest BCUT2D eigenvalue weighted by Crippen LogP contribution is 2.31. The van der Waals surface area contributed by atoms with Gasteiger partial charge in [0.15, 0.2) is 17.1 Å². The quantitative estimate of drug-likeness (QED) is 0.660. The molecule has 0 amide bonds. The molecule has 1 aromatic carbocycles. The molecule has 0 spiro atoms. The second kappa shape index (κ2) is 5.64. The van der Waals surface area contributed by atoms with Crippen LogP contribution in [0.2, 0.25) is 0 Å². The third-order valence-electron chi connectivity index (χ3n) is 2.84. The molecule has 0 atom stereocenters. The molecule has 0 N–H and O–H groups in total. The van der Waals surface area contributed by atoms with Crippen LogP contribution in [-0.4, -0.2) is 45.4 Å². The molecule has 112 valence electrons. The van der Waals surface area contributed by atoms with Gasteiger partial charge in [0.1, 0.15) is 0 Å². The highest BCUT2D eigenvalue weighted by molar-refractivity contribution is 5.90. The molecule has 2 aromatic heterocycles. The summed E-state index contributed by atoms with van der Waals surface area (Å²) in [6.45, 7) is 0. The van der Waals surface area contributed by atoms with Gasteiger partial charge in [0.2, 0.25) is 5.88 Å². The summed E-state index contributed by atoms with van der Waals surface area (Å²) in [5, 5.41) is 15.0. The number of esters is 1. The van der Waals surface area contributed by atoms with E-state index in [1.807, 2.05) is 0 Å². The molecule has 0 saturated heterocycles. The molecular weight excluding hydrogens is 290 g/mol. The monoisotopic (exact) mass is 301 g/mol. The Hall–Kier alpha value is -3.23. The Kier molecular flexibility index (Phi) is 3.52. The highest BCUT2D eigenvalue weighted by Gasteiger charge is 2.13. The molecule has 0 saturated carbocycles. The molecule has 0 unspecified atom stereocenters. The third kappa shape index (κ3) is 2.51. The van der Waals surface area contributed by atoms with Crippen molar-refractivity contribution in [2.24, 2.45) is 0 Å². The van der Waals surface area contributed by atoms with Crippen molar-refractivity contribution < 1.29 is 19.0 Å². The lowest BCUT2D eigenvalue weighted by Gasteiger charge is -2.10. The van der Waals surface area contributed by atoms with Gasteiger partial charge in [-0.2, -0.15) is 0 Å². The average Bonchev–Trinajstić information content (AvgIpc) is 3.02. The van der Waals surface area contributed by atoms with E-state index in [1.54, 1.807) is 24.3 Å². The van der Waals surface area contributed by atoms with Crippen molar-refractivity contribution >= 4 is 11.6 Å². The van der Waals surface area contributed by atoms with Crippen molar-refractivity contribution in [2.45, 2.75) is 0 Å². The summed E-state index contributed by atoms with van der Waals surface area (Å²) in [7, 11) is 2.78. The Balaban J connectivity index is 1.92. The number of nitrogens with zero attached hydrogens (tertiary/aromatic N) is 5. The van der Waals surface area contributed by atoms with Gasteiger partial charge >= 0.3 is 5.97 Å². The molecule has 3 aromatic rings. The first-order valence-electron chi connectivity index (χ1n) is 6.21. The van der Waals surface area contributed by atoms with Crippen LogP contribution in [0.1, 0.15) is 10.4 Å². The molecule has 0 bridgehead atoms. The van der Waals surface area contributed by atoms with Gasteiger partial charge in [-0.15, -0.1) is 14.8 Å². The van der Waals surface area contributed by atoms with Gasteiger partial charge in [0.25, 0.3) is 0 Å². The van der Waals surface area contributed by atoms with Crippen molar-refractivity contribution in [3.05, 3.63) is 35.9 Å². The number of methoxy groups -OCH3 is 2. The lowest BCUT2D eigenvalue weighted by molar-refractivity contribution is 0.0600. The fourth-order valence-corrected chi connectivity index (χ4v) is 1.80. The number of ether oxygens (including phenoxy) is 3. The van der Waals surface area contributed by atoms with Crippen molar-refractivity contribution in [1.29, 1.82) is 0 Å². The van der Waals surface area contributed by atoms with Crippen LogP contribution >= 0.6 is 0 Å². The fourth-order valence-electron chi connectivity index (χ4n) is 1.80. The maximum absolute atomic E-state index is 11.5. The number of tetrazole rings is 1. The minimum Gasteiger partial charge on any atom is -0.493 e. The van der Waals surface area contributed by atoms with E-state index >= 15 is 0 Å². The predicted molar refractivity (Wildman–Crippen MR) is 73.0 cm³/mol. The Morgan fingerprint density at radius 2 is 2.00 bits per heavy atom. The molecule has 0 radical (unpaired) electrons. The van der Waals surface area contributed by atoms with Crippen molar-refractivity contribution in [3.63, 3.8) is 0 Å². The molecule has 22 heavy (non-hydrogen) atoms. The van der Waals surface area contributed by atoms with Crippen LogP contribution in [0.3, 0.4) is 0 Å². The standard InChI is InChI=1S/C13H11N5O4/c1-20-10-7-8(13(19)21-2)3-4-9(10)22-12-6-5-11-14-16-17-18(11)15-12/h3-7H,1-2H3. The van der Waals surface area contributed by atoms with E-state index in [9.17, 15) is 4.79 Å². The van der Waals surface area contributed by atoms with Crippen molar-refractivity contribution in [3.8, 4) is 17.4 Å². The van der Waals surface area contributed by atoms with Gasteiger partial charge in [0.05, 0.1) is 19.8 Å². The zero-order valence-corrected chi connectivity index (χ0v) is 11.8. The fraction of sp³-hybridized carbons (Fsp3) is 0.154. The Labute approximate surface area is 124 Å². The summed E-state index contributed by atoms with van der Waals surface area (Å²) in [5.41, 5.74) is 0.857. The number of hydrogen-bond acceptors (Lipinski definition) is 8. The van der Waals surface area contributed by atoms with Gasteiger partial charge < -0.3 is 14.2 Å². The smallest absolute Gasteiger partial charge is 0.337 e. The first-order valence-corrected chi connectivity index (χ1v) is 6.21. The van der Waals surface area contributed by atoms with E-state index in [-0.39, 0.29) is 5.88 Å². The number of carbonyl (C=O) groups excluding carboxylic acids is 1. The van der Waals surface area contributed by atoms with E-state index < -0.39 is 5.97 Å². The number of benzene rings is 1. The Morgan fingerprint density at radius 3 is 2.77 bits per heavy atom. The molecule has 0 fully saturated rings. The number of rotatable bonds is 4. The molecular formula is C13H11N5O4. The first-order chi connectivity index (χ1) is 10.7. The normalized spacial score (nSPS) is 10.5. The summed E-state index contributed by atoms with van der Waals surface area (Å²) >= 11 is 0. The summed E-state index contributed by atoms with van der Waals surface area (Å²) in [6.07, 6.45) is 0. The SMILES string of the molecule is COC(=O)c1ccc(Oc2ccc3nnnn3n2)c(OC)c1. The van der Waals surface area contributed by atoms with Gasteiger partial charge in [-0.05, 0) is 34.7 Å². The second-order valence-corrected chi connectivity index (χ2v) is 4.16. The maximum atomic E-state index is 11.5. The minimum absolute atomic E-state index is 0.281. The molecule has 0 aliphatic carbocycles. The van der Waals surface area contributed by atoms with Crippen LogP contribution in [-0.2, 0) is 4.74 Å². The van der Waals surface area contributed by atoms with Crippen LogP contribution < -0.4 is 9.47 Å². The number of hydrogen-bond donors (Lipinski definition) is 0.